The first-order valence-electron chi connectivity index (χ1n) is 6.15. The SMILES string of the molecule is O=S(=O)(c1ccc(F)c(F)c1F)N(CCO)C1CCC1. The average molecular weight is 309 g/mol. The number of aliphatic hydroxyl groups excluding tert-OH is 1. The van der Waals surface area contributed by atoms with E-state index in [1.807, 2.05) is 0 Å². The van der Waals surface area contributed by atoms with Crippen LogP contribution in [0.25, 0.3) is 0 Å². The number of halogens is 3. The highest BCUT2D eigenvalue weighted by molar-refractivity contribution is 7.89. The van der Waals surface area contributed by atoms with Crippen LogP contribution < -0.4 is 0 Å². The summed E-state index contributed by atoms with van der Waals surface area (Å²) >= 11 is 0. The summed E-state index contributed by atoms with van der Waals surface area (Å²) in [6, 6.07) is 0.939. The van der Waals surface area contributed by atoms with Crippen LogP contribution in [0, 0.1) is 17.5 Å². The van der Waals surface area contributed by atoms with Gasteiger partial charge in [-0.15, -0.1) is 0 Å². The standard InChI is InChI=1S/C12H14F3NO3S/c13-9-4-5-10(12(15)11(9)14)20(18,19)16(6-7-17)8-2-1-3-8/h4-5,8,17H,1-3,6-7H2. The van der Waals surface area contributed by atoms with Crippen molar-refractivity contribution in [2.45, 2.75) is 30.2 Å². The molecule has 4 nitrogen and oxygen atoms in total. The maximum absolute atomic E-state index is 13.7. The summed E-state index contributed by atoms with van der Waals surface area (Å²) in [5, 5.41) is 8.95. The summed E-state index contributed by atoms with van der Waals surface area (Å²) in [5.74, 6) is -4.99. The maximum Gasteiger partial charge on any atom is 0.246 e. The summed E-state index contributed by atoms with van der Waals surface area (Å²) in [6.45, 7) is -0.632. The maximum atomic E-state index is 13.7. The molecule has 20 heavy (non-hydrogen) atoms. The van der Waals surface area contributed by atoms with Crippen LogP contribution in [0.5, 0.6) is 0 Å². The second-order valence-electron chi connectivity index (χ2n) is 4.60. The third kappa shape index (κ3) is 2.55. The highest BCUT2D eigenvalue weighted by Gasteiger charge is 2.36. The predicted octanol–water partition coefficient (Wildman–Crippen LogP) is 1.64. The molecule has 0 atom stereocenters. The van der Waals surface area contributed by atoms with E-state index in [1.54, 1.807) is 0 Å². The number of aliphatic hydroxyl groups is 1. The first kappa shape index (κ1) is 15.3. The number of sulfonamides is 1. The van der Waals surface area contributed by atoms with E-state index in [1.165, 1.54) is 0 Å². The monoisotopic (exact) mass is 309 g/mol. The Balaban J connectivity index is 2.45. The van der Waals surface area contributed by atoms with Crippen molar-refractivity contribution in [3.63, 3.8) is 0 Å². The van der Waals surface area contributed by atoms with Crippen LogP contribution in [0.15, 0.2) is 17.0 Å². The van der Waals surface area contributed by atoms with Crippen LogP contribution >= 0.6 is 0 Å². The molecule has 1 aliphatic rings. The van der Waals surface area contributed by atoms with Gasteiger partial charge in [-0.2, -0.15) is 4.31 Å². The van der Waals surface area contributed by atoms with Crippen LogP contribution in [0.1, 0.15) is 19.3 Å². The Hall–Kier alpha value is -1.12. The lowest BCUT2D eigenvalue weighted by Crippen LogP contribution is -2.45. The number of benzene rings is 1. The molecule has 0 spiro atoms. The van der Waals surface area contributed by atoms with Gasteiger partial charge in [0.2, 0.25) is 10.0 Å². The Morgan fingerprint density at radius 3 is 2.35 bits per heavy atom. The second-order valence-corrected chi connectivity index (χ2v) is 6.46. The lowest BCUT2D eigenvalue weighted by Gasteiger charge is -2.36. The van der Waals surface area contributed by atoms with Crippen molar-refractivity contribution in [2.24, 2.45) is 0 Å². The van der Waals surface area contributed by atoms with Crippen molar-refractivity contribution in [3.05, 3.63) is 29.6 Å². The summed E-state index contributed by atoms with van der Waals surface area (Å²) in [5.41, 5.74) is 0. The van der Waals surface area contributed by atoms with Crippen LogP contribution in [0.3, 0.4) is 0 Å². The topological polar surface area (TPSA) is 57.6 Å². The van der Waals surface area contributed by atoms with E-state index < -0.39 is 39.0 Å². The lowest BCUT2D eigenvalue weighted by atomic mass is 9.93. The van der Waals surface area contributed by atoms with Gasteiger partial charge in [-0.05, 0) is 25.0 Å². The number of rotatable bonds is 5. The molecule has 8 heteroatoms. The summed E-state index contributed by atoms with van der Waals surface area (Å²) in [4.78, 5) is -0.906. The fraction of sp³-hybridized carbons (Fsp3) is 0.500. The Morgan fingerprint density at radius 1 is 1.20 bits per heavy atom. The fourth-order valence-corrected chi connectivity index (χ4v) is 3.84. The third-order valence-corrected chi connectivity index (χ3v) is 5.36. The zero-order chi connectivity index (χ0) is 14.9. The van der Waals surface area contributed by atoms with Gasteiger partial charge >= 0.3 is 0 Å². The minimum atomic E-state index is -4.30. The predicted molar refractivity (Wildman–Crippen MR) is 64.9 cm³/mol. The molecule has 1 saturated carbocycles. The van der Waals surface area contributed by atoms with Crippen molar-refractivity contribution in [3.8, 4) is 0 Å². The smallest absolute Gasteiger partial charge is 0.246 e. The molecular weight excluding hydrogens is 295 g/mol. The zero-order valence-corrected chi connectivity index (χ0v) is 11.3. The second kappa shape index (κ2) is 5.71. The molecular formula is C12H14F3NO3S. The van der Waals surface area contributed by atoms with Gasteiger partial charge in [-0.25, -0.2) is 21.6 Å². The molecule has 0 unspecified atom stereocenters. The summed E-state index contributed by atoms with van der Waals surface area (Å²) in [6.07, 6.45) is 2.04. The molecule has 0 heterocycles. The normalized spacial score (nSPS) is 16.4. The van der Waals surface area contributed by atoms with Gasteiger partial charge in [-0.1, -0.05) is 6.42 Å². The van der Waals surface area contributed by atoms with Crippen LogP contribution in [-0.4, -0.2) is 37.0 Å². The van der Waals surface area contributed by atoms with Gasteiger partial charge in [0.15, 0.2) is 17.5 Å². The highest BCUT2D eigenvalue weighted by Crippen LogP contribution is 2.31. The van der Waals surface area contributed by atoms with E-state index in [-0.39, 0.29) is 12.6 Å². The molecule has 112 valence electrons. The summed E-state index contributed by atoms with van der Waals surface area (Å²) in [7, 11) is -4.30. The lowest BCUT2D eigenvalue weighted by molar-refractivity contribution is 0.177. The number of nitrogens with zero attached hydrogens (tertiary/aromatic N) is 1. The molecule has 2 rings (SSSR count). The minimum absolute atomic E-state index is 0.203. The summed E-state index contributed by atoms with van der Waals surface area (Å²) < 4.78 is 65.3. The van der Waals surface area contributed by atoms with Gasteiger partial charge in [0.05, 0.1) is 6.61 Å². The molecule has 0 amide bonds. The van der Waals surface area contributed by atoms with E-state index >= 15 is 0 Å². The van der Waals surface area contributed by atoms with Gasteiger partial charge in [0, 0.05) is 12.6 Å². The first-order valence-corrected chi connectivity index (χ1v) is 7.59. The van der Waals surface area contributed by atoms with Crippen molar-refractivity contribution >= 4 is 10.0 Å². The Labute approximate surface area is 114 Å². The molecule has 0 radical (unpaired) electrons. The molecule has 1 N–H and O–H groups in total. The largest absolute Gasteiger partial charge is 0.395 e. The van der Waals surface area contributed by atoms with Gasteiger partial charge in [-0.3, -0.25) is 0 Å². The molecule has 0 saturated heterocycles. The quantitative estimate of drug-likeness (QED) is 0.841. The molecule has 1 aromatic carbocycles. The van der Waals surface area contributed by atoms with Crippen LogP contribution in [0.2, 0.25) is 0 Å². The first-order chi connectivity index (χ1) is 9.39. The highest BCUT2D eigenvalue weighted by atomic mass is 32.2. The molecule has 0 aliphatic heterocycles. The molecule has 0 aromatic heterocycles. The number of hydrogen-bond donors (Lipinski definition) is 1. The zero-order valence-electron chi connectivity index (χ0n) is 10.5. The van der Waals surface area contributed by atoms with Gasteiger partial charge < -0.3 is 5.11 Å². The average Bonchev–Trinajstić information content (AvgIpc) is 2.33. The van der Waals surface area contributed by atoms with Crippen molar-refractivity contribution in [1.29, 1.82) is 0 Å². The molecule has 1 aromatic rings. The van der Waals surface area contributed by atoms with E-state index in [0.29, 0.717) is 25.0 Å². The Kier molecular flexibility index (Phi) is 4.36. The molecule has 1 fully saturated rings. The molecule has 0 bridgehead atoms. The van der Waals surface area contributed by atoms with Gasteiger partial charge in [0.25, 0.3) is 0 Å². The molecule has 1 aliphatic carbocycles. The minimum Gasteiger partial charge on any atom is -0.395 e. The van der Waals surface area contributed by atoms with Crippen LogP contribution in [-0.2, 0) is 10.0 Å². The van der Waals surface area contributed by atoms with E-state index in [4.69, 9.17) is 5.11 Å². The van der Waals surface area contributed by atoms with E-state index in [2.05, 4.69) is 0 Å². The van der Waals surface area contributed by atoms with Gasteiger partial charge in [0.1, 0.15) is 4.90 Å². The fourth-order valence-electron chi connectivity index (χ4n) is 2.11. The third-order valence-electron chi connectivity index (χ3n) is 3.39. The van der Waals surface area contributed by atoms with Crippen molar-refractivity contribution < 1.29 is 26.7 Å². The van der Waals surface area contributed by atoms with Crippen molar-refractivity contribution in [1.82, 2.24) is 4.31 Å². The van der Waals surface area contributed by atoms with Crippen molar-refractivity contribution in [2.75, 3.05) is 13.2 Å². The Morgan fingerprint density at radius 2 is 1.85 bits per heavy atom. The Bertz CT molecular complexity index is 602. The van der Waals surface area contributed by atoms with Crippen LogP contribution in [0.4, 0.5) is 13.2 Å². The number of hydrogen-bond acceptors (Lipinski definition) is 3. The van der Waals surface area contributed by atoms with E-state index in [9.17, 15) is 21.6 Å². The van der Waals surface area contributed by atoms with E-state index in [0.717, 1.165) is 10.7 Å².